The fraction of sp³-hybridized carbons (Fsp3) is 0.909. The van der Waals surface area contributed by atoms with Gasteiger partial charge in [-0.2, -0.15) is 0 Å². The van der Waals surface area contributed by atoms with Crippen molar-refractivity contribution in [2.24, 2.45) is 11.8 Å². The van der Waals surface area contributed by atoms with E-state index in [1.165, 1.54) is 89.9 Å². The third kappa shape index (κ3) is 16.1. The zero-order chi connectivity index (χ0) is 16.5. The Kier molecular flexibility index (Phi) is 16.9. The van der Waals surface area contributed by atoms with Crippen molar-refractivity contribution in [3.63, 3.8) is 0 Å². The zero-order valence-electron chi connectivity index (χ0n) is 16.2. The molecular weight excluding hydrogens is 264 g/mol. The van der Waals surface area contributed by atoms with Gasteiger partial charge in [-0.25, -0.2) is 0 Å². The van der Waals surface area contributed by atoms with Crippen LogP contribution in [-0.2, 0) is 0 Å². The molecule has 0 spiro atoms. The van der Waals surface area contributed by atoms with Crippen LogP contribution in [0.1, 0.15) is 118 Å². The van der Waals surface area contributed by atoms with Crippen LogP contribution in [0.15, 0.2) is 12.2 Å². The van der Waals surface area contributed by atoms with Gasteiger partial charge in [0.25, 0.3) is 0 Å². The van der Waals surface area contributed by atoms with E-state index >= 15 is 0 Å². The summed E-state index contributed by atoms with van der Waals surface area (Å²) in [5.41, 5.74) is 0. The molecule has 0 rings (SSSR count). The minimum absolute atomic E-state index is 0.754. The number of rotatable bonds is 16. The van der Waals surface area contributed by atoms with E-state index in [0.29, 0.717) is 0 Å². The summed E-state index contributed by atoms with van der Waals surface area (Å²) in [6, 6.07) is 0. The molecule has 0 amide bonds. The summed E-state index contributed by atoms with van der Waals surface area (Å²) < 4.78 is 0. The van der Waals surface area contributed by atoms with E-state index in [1.54, 1.807) is 0 Å². The van der Waals surface area contributed by atoms with Gasteiger partial charge in [0.05, 0.1) is 0 Å². The van der Waals surface area contributed by atoms with Gasteiger partial charge in [-0.3, -0.25) is 0 Å². The summed E-state index contributed by atoms with van der Waals surface area (Å²) in [6.07, 6.45) is 24.9. The van der Waals surface area contributed by atoms with E-state index in [2.05, 4.69) is 39.8 Å². The monoisotopic (exact) mass is 308 g/mol. The lowest BCUT2D eigenvalue weighted by Gasteiger charge is -2.08. The first-order chi connectivity index (χ1) is 10.7. The average Bonchev–Trinajstić information content (AvgIpc) is 2.53. The first-order valence-corrected chi connectivity index (χ1v) is 10.4. The van der Waals surface area contributed by atoms with Crippen LogP contribution in [0.4, 0.5) is 0 Å². The Hall–Kier alpha value is -0.260. The Morgan fingerprint density at radius 1 is 0.545 bits per heavy atom. The molecule has 0 radical (unpaired) electrons. The summed E-state index contributed by atoms with van der Waals surface area (Å²) in [4.78, 5) is 0. The molecule has 0 aliphatic carbocycles. The molecule has 22 heavy (non-hydrogen) atoms. The Balaban J connectivity index is 3.21. The average molecular weight is 309 g/mol. The van der Waals surface area contributed by atoms with Gasteiger partial charge in [-0.1, -0.05) is 123 Å². The van der Waals surface area contributed by atoms with Gasteiger partial charge >= 0.3 is 0 Å². The van der Waals surface area contributed by atoms with E-state index in [9.17, 15) is 0 Å². The van der Waals surface area contributed by atoms with Crippen molar-refractivity contribution >= 4 is 0 Å². The third-order valence-corrected chi connectivity index (χ3v) is 4.93. The Bertz CT molecular complexity index is 228. The Morgan fingerprint density at radius 3 is 1.41 bits per heavy atom. The first kappa shape index (κ1) is 21.7. The van der Waals surface area contributed by atoms with Crippen LogP contribution in [0.2, 0.25) is 0 Å². The molecule has 0 aromatic rings. The third-order valence-electron chi connectivity index (χ3n) is 4.93. The molecule has 0 nitrogen and oxygen atoms in total. The SMILES string of the molecule is CCCCCCCCCCCCCC[C@H](C)/C=C/[C@H](C)CC. The fourth-order valence-electron chi connectivity index (χ4n) is 2.92. The molecule has 0 aromatic carbocycles. The van der Waals surface area contributed by atoms with Crippen LogP contribution in [0.5, 0.6) is 0 Å². The highest BCUT2D eigenvalue weighted by atomic mass is 14.1. The van der Waals surface area contributed by atoms with Crippen molar-refractivity contribution in [1.82, 2.24) is 0 Å². The van der Waals surface area contributed by atoms with Crippen LogP contribution >= 0.6 is 0 Å². The molecular formula is C22H44. The molecule has 0 aliphatic heterocycles. The molecule has 0 heterocycles. The van der Waals surface area contributed by atoms with Crippen molar-refractivity contribution in [3.8, 4) is 0 Å². The Labute approximate surface area is 142 Å². The van der Waals surface area contributed by atoms with E-state index in [-0.39, 0.29) is 0 Å². The largest absolute Gasteiger partial charge is 0.0854 e. The summed E-state index contributed by atoms with van der Waals surface area (Å²) >= 11 is 0. The van der Waals surface area contributed by atoms with Crippen LogP contribution in [-0.4, -0.2) is 0 Å². The molecule has 0 aromatic heterocycles. The summed E-state index contributed by atoms with van der Waals surface area (Å²) in [5.74, 6) is 1.53. The molecule has 0 bridgehead atoms. The highest BCUT2D eigenvalue weighted by Gasteiger charge is 1.99. The maximum atomic E-state index is 2.44. The minimum Gasteiger partial charge on any atom is -0.0854 e. The van der Waals surface area contributed by atoms with Crippen LogP contribution in [0.25, 0.3) is 0 Å². The second-order valence-electron chi connectivity index (χ2n) is 7.43. The molecule has 0 saturated carbocycles. The molecule has 0 unspecified atom stereocenters. The van der Waals surface area contributed by atoms with Crippen LogP contribution < -0.4 is 0 Å². The highest BCUT2D eigenvalue weighted by molar-refractivity contribution is 4.89. The maximum absolute atomic E-state index is 2.44. The van der Waals surface area contributed by atoms with Crippen LogP contribution in [0.3, 0.4) is 0 Å². The lowest BCUT2D eigenvalue weighted by molar-refractivity contribution is 0.520. The summed E-state index contributed by atoms with van der Waals surface area (Å²) in [6.45, 7) is 9.25. The normalized spacial score (nSPS) is 14.5. The van der Waals surface area contributed by atoms with Gasteiger partial charge in [0.15, 0.2) is 0 Å². The van der Waals surface area contributed by atoms with Crippen molar-refractivity contribution in [1.29, 1.82) is 0 Å². The van der Waals surface area contributed by atoms with E-state index in [1.807, 2.05) is 0 Å². The fourth-order valence-corrected chi connectivity index (χ4v) is 2.92. The first-order valence-electron chi connectivity index (χ1n) is 10.4. The number of hydrogen-bond acceptors (Lipinski definition) is 0. The molecule has 0 saturated heterocycles. The van der Waals surface area contributed by atoms with Gasteiger partial charge in [0, 0.05) is 0 Å². The van der Waals surface area contributed by atoms with Crippen molar-refractivity contribution in [2.45, 2.75) is 118 Å². The predicted molar refractivity (Wildman–Crippen MR) is 103 cm³/mol. The van der Waals surface area contributed by atoms with Gasteiger partial charge < -0.3 is 0 Å². The molecule has 0 fully saturated rings. The Morgan fingerprint density at radius 2 is 0.955 bits per heavy atom. The zero-order valence-corrected chi connectivity index (χ0v) is 16.2. The van der Waals surface area contributed by atoms with Crippen molar-refractivity contribution < 1.29 is 0 Å². The topological polar surface area (TPSA) is 0 Å². The second-order valence-corrected chi connectivity index (χ2v) is 7.43. The van der Waals surface area contributed by atoms with Gasteiger partial charge in [-0.15, -0.1) is 0 Å². The molecule has 0 heteroatoms. The summed E-state index contributed by atoms with van der Waals surface area (Å²) in [5, 5.41) is 0. The van der Waals surface area contributed by atoms with Crippen molar-refractivity contribution in [3.05, 3.63) is 12.2 Å². The van der Waals surface area contributed by atoms with Gasteiger partial charge in [-0.05, 0) is 18.3 Å². The highest BCUT2D eigenvalue weighted by Crippen LogP contribution is 2.15. The quantitative estimate of drug-likeness (QED) is 0.198. The van der Waals surface area contributed by atoms with Gasteiger partial charge in [0.1, 0.15) is 0 Å². The molecule has 0 N–H and O–H groups in total. The standard InChI is InChI=1S/C22H44/c1-5-7-8-9-10-11-12-13-14-15-16-17-18-22(4)20-19-21(3)6-2/h19-22H,5-18H2,1-4H3/b20-19+/t21-,22+/m1/s1. The number of allylic oxidation sites excluding steroid dienone is 2. The van der Waals surface area contributed by atoms with Crippen molar-refractivity contribution in [2.75, 3.05) is 0 Å². The number of unbranched alkanes of at least 4 members (excludes halogenated alkanes) is 11. The summed E-state index contributed by atoms with van der Waals surface area (Å²) in [7, 11) is 0. The predicted octanol–water partition coefficient (Wildman–Crippen LogP) is 8.32. The van der Waals surface area contributed by atoms with Crippen LogP contribution in [0, 0.1) is 11.8 Å². The van der Waals surface area contributed by atoms with E-state index in [0.717, 1.165) is 11.8 Å². The maximum Gasteiger partial charge on any atom is -0.0262 e. The van der Waals surface area contributed by atoms with E-state index in [4.69, 9.17) is 0 Å². The number of hydrogen-bond donors (Lipinski definition) is 0. The minimum atomic E-state index is 0.754. The molecule has 132 valence electrons. The van der Waals surface area contributed by atoms with E-state index < -0.39 is 0 Å². The molecule has 0 aliphatic rings. The lowest BCUT2D eigenvalue weighted by Crippen LogP contribution is -1.92. The smallest absolute Gasteiger partial charge is 0.0262 e. The molecule has 2 atom stereocenters. The lowest BCUT2D eigenvalue weighted by atomic mass is 9.99. The van der Waals surface area contributed by atoms with Gasteiger partial charge in [0.2, 0.25) is 0 Å². The second kappa shape index (κ2) is 17.1.